The van der Waals surface area contributed by atoms with Gasteiger partial charge >= 0.3 is 0 Å². The Morgan fingerprint density at radius 1 is 1.00 bits per heavy atom. The van der Waals surface area contributed by atoms with E-state index in [0.29, 0.717) is 28.7 Å². The van der Waals surface area contributed by atoms with Gasteiger partial charge in [-0.15, -0.1) is 0 Å². The quantitative estimate of drug-likeness (QED) is 0.369. The van der Waals surface area contributed by atoms with Gasteiger partial charge in [-0.25, -0.2) is 4.98 Å². The van der Waals surface area contributed by atoms with Crippen molar-refractivity contribution in [2.75, 3.05) is 0 Å². The lowest BCUT2D eigenvalue weighted by molar-refractivity contribution is 0.0949. The molecule has 4 rings (SSSR count). The molecule has 4 nitrogen and oxygen atoms in total. The molecule has 29 heavy (non-hydrogen) atoms. The summed E-state index contributed by atoms with van der Waals surface area (Å²) in [5.74, 6) is 0.619. The molecular formula is C22H16BrCl2N3O. The fraction of sp³-hybridized carbons (Fsp3) is 0.0909. The number of rotatable bonds is 5. The van der Waals surface area contributed by atoms with E-state index in [2.05, 4.69) is 25.8 Å². The first-order valence-electron chi connectivity index (χ1n) is 8.93. The molecule has 0 saturated heterocycles. The number of benzene rings is 3. The summed E-state index contributed by atoms with van der Waals surface area (Å²) < 4.78 is 3.01. The molecule has 0 spiro atoms. The molecule has 0 aliphatic rings. The van der Waals surface area contributed by atoms with Crippen molar-refractivity contribution < 1.29 is 4.79 Å². The number of carbonyl (C=O) groups is 1. The van der Waals surface area contributed by atoms with Crippen molar-refractivity contribution in [3.63, 3.8) is 0 Å². The van der Waals surface area contributed by atoms with E-state index in [4.69, 9.17) is 28.2 Å². The van der Waals surface area contributed by atoms with Crippen LogP contribution in [0.15, 0.2) is 71.2 Å². The van der Waals surface area contributed by atoms with Gasteiger partial charge in [-0.05, 0) is 54.1 Å². The molecule has 1 heterocycles. The minimum Gasteiger partial charge on any atom is -0.345 e. The number of para-hydroxylation sites is 2. The van der Waals surface area contributed by atoms with Crippen LogP contribution in [0.1, 0.15) is 21.7 Å². The van der Waals surface area contributed by atoms with Crippen LogP contribution in [0.3, 0.4) is 0 Å². The zero-order valence-electron chi connectivity index (χ0n) is 15.2. The zero-order valence-corrected chi connectivity index (χ0v) is 18.3. The van der Waals surface area contributed by atoms with Crippen molar-refractivity contribution in [3.05, 3.63) is 98.2 Å². The highest BCUT2D eigenvalue weighted by Gasteiger charge is 2.13. The average molecular weight is 489 g/mol. The summed E-state index contributed by atoms with van der Waals surface area (Å²) >= 11 is 15.6. The molecule has 0 unspecified atom stereocenters. The molecule has 0 fully saturated rings. The van der Waals surface area contributed by atoms with Gasteiger partial charge in [0.2, 0.25) is 0 Å². The van der Waals surface area contributed by atoms with Crippen LogP contribution in [0.4, 0.5) is 0 Å². The predicted molar refractivity (Wildman–Crippen MR) is 121 cm³/mol. The van der Waals surface area contributed by atoms with Gasteiger partial charge in [0.25, 0.3) is 5.91 Å². The third-order valence-electron chi connectivity index (χ3n) is 4.57. The average Bonchev–Trinajstić information content (AvgIpc) is 3.07. The number of hydrogen-bond donors (Lipinski definition) is 1. The molecule has 1 amide bonds. The van der Waals surface area contributed by atoms with Gasteiger partial charge < -0.3 is 9.88 Å². The van der Waals surface area contributed by atoms with Gasteiger partial charge in [0.1, 0.15) is 5.82 Å². The smallest absolute Gasteiger partial charge is 0.251 e. The normalized spacial score (nSPS) is 11.0. The summed E-state index contributed by atoms with van der Waals surface area (Å²) in [6.07, 6.45) is 0. The van der Waals surface area contributed by atoms with E-state index in [-0.39, 0.29) is 5.91 Å². The second-order valence-electron chi connectivity index (χ2n) is 6.54. The number of carbonyl (C=O) groups excluding carboxylic acids is 1. The number of fused-ring (bicyclic) bond motifs is 1. The molecule has 146 valence electrons. The molecule has 3 aromatic carbocycles. The predicted octanol–water partition coefficient (Wildman–Crippen LogP) is 6.08. The third kappa shape index (κ3) is 4.47. The molecule has 1 aromatic heterocycles. The number of nitrogens with one attached hydrogen (secondary N) is 1. The second kappa shape index (κ2) is 8.57. The van der Waals surface area contributed by atoms with Crippen LogP contribution in [0.2, 0.25) is 10.0 Å². The molecular weight excluding hydrogens is 473 g/mol. The fourth-order valence-electron chi connectivity index (χ4n) is 3.12. The number of amides is 1. The lowest BCUT2D eigenvalue weighted by atomic mass is 10.2. The van der Waals surface area contributed by atoms with E-state index < -0.39 is 0 Å². The summed E-state index contributed by atoms with van der Waals surface area (Å²) in [5, 5.41) is 3.99. The standard InChI is InChI=1S/C22H16BrCl2N3O/c23-16-8-6-15(7-9-16)22(29)26-12-21-27-19-3-1-2-4-20(19)28(21)13-14-5-10-17(24)18(25)11-14/h1-11H,12-13H2,(H,26,29). The lowest BCUT2D eigenvalue weighted by Gasteiger charge is -2.11. The van der Waals surface area contributed by atoms with E-state index in [1.807, 2.05) is 48.5 Å². The maximum absolute atomic E-state index is 12.5. The maximum Gasteiger partial charge on any atom is 0.251 e. The number of halogens is 3. The van der Waals surface area contributed by atoms with Crippen LogP contribution in [0.5, 0.6) is 0 Å². The van der Waals surface area contributed by atoms with Crippen LogP contribution in [-0.2, 0) is 13.1 Å². The van der Waals surface area contributed by atoms with Gasteiger partial charge in [0, 0.05) is 16.6 Å². The minimum absolute atomic E-state index is 0.148. The summed E-state index contributed by atoms with van der Waals surface area (Å²) in [5.41, 5.74) is 3.47. The fourth-order valence-corrected chi connectivity index (χ4v) is 3.71. The van der Waals surface area contributed by atoms with E-state index in [1.165, 1.54) is 0 Å². The Morgan fingerprint density at radius 2 is 1.76 bits per heavy atom. The van der Waals surface area contributed by atoms with E-state index in [0.717, 1.165) is 26.9 Å². The van der Waals surface area contributed by atoms with Crippen molar-refractivity contribution >= 4 is 56.1 Å². The molecule has 4 aromatic rings. The van der Waals surface area contributed by atoms with Crippen molar-refractivity contribution in [2.45, 2.75) is 13.1 Å². The van der Waals surface area contributed by atoms with Crippen LogP contribution < -0.4 is 5.32 Å². The van der Waals surface area contributed by atoms with Gasteiger partial charge in [-0.3, -0.25) is 4.79 Å². The third-order valence-corrected chi connectivity index (χ3v) is 5.84. The molecule has 7 heteroatoms. The van der Waals surface area contributed by atoms with Crippen molar-refractivity contribution in [1.82, 2.24) is 14.9 Å². The Morgan fingerprint density at radius 3 is 2.52 bits per heavy atom. The van der Waals surface area contributed by atoms with E-state index >= 15 is 0 Å². The van der Waals surface area contributed by atoms with Crippen molar-refractivity contribution in [3.8, 4) is 0 Å². The topological polar surface area (TPSA) is 46.9 Å². The van der Waals surface area contributed by atoms with Gasteiger partial charge in [0.05, 0.1) is 27.6 Å². The highest BCUT2D eigenvalue weighted by atomic mass is 79.9. The Kier molecular flexibility index (Phi) is 5.90. The summed E-state index contributed by atoms with van der Waals surface area (Å²) in [6, 6.07) is 20.7. The van der Waals surface area contributed by atoms with Gasteiger partial charge in [0.15, 0.2) is 0 Å². The van der Waals surface area contributed by atoms with Crippen molar-refractivity contribution in [1.29, 1.82) is 0 Å². The number of aromatic nitrogens is 2. The summed E-state index contributed by atoms with van der Waals surface area (Å²) in [6.45, 7) is 0.881. The van der Waals surface area contributed by atoms with Crippen LogP contribution in [-0.4, -0.2) is 15.5 Å². The Hall–Kier alpha value is -2.34. The second-order valence-corrected chi connectivity index (χ2v) is 8.27. The molecule has 0 aliphatic heterocycles. The molecule has 1 N–H and O–H groups in total. The molecule has 0 atom stereocenters. The first-order valence-corrected chi connectivity index (χ1v) is 10.5. The van der Waals surface area contributed by atoms with Crippen LogP contribution in [0.25, 0.3) is 11.0 Å². The van der Waals surface area contributed by atoms with E-state index in [1.54, 1.807) is 18.2 Å². The summed E-state index contributed by atoms with van der Waals surface area (Å²) in [4.78, 5) is 17.2. The lowest BCUT2D eigenvalue weighted by Crippen LogP contribution is -2.24. The Bertz CT molecular complexity index is 1190. The van der Waals surface area contributed by atoms with Crippen LogP contribution >= 0.6 is 39.1 Å². The molecule has 0 saturated carbocycles. The molecule has 0 bridgehead atoms. The molecule has 0 aliphatic carbocycles. The number of nitrogens with zero attached hydrogens (tertiary/aromatic N) is 2. The van der Waals surface area contributed by atoms with E-state index in [9.17, 15) is 4.79 Å². The zero-order chi connectivity index (χ0) is 20.4. The van der Waals surface area contributed by atoms with Crippen LogP contribution in [0, 0.1) is 0 Å². The van der Waals surface area contributed by atoms with Crippen molar-refractivity contribution in [2.24, 2.45) is 0 Å². The SMILES string of the molecule is O=C(NCc1nc2ccccc2n1Cc1ccc(Cl)c(Cl)c1)c1ccc(Br)cc1. The minimum atomic E-state index is -0.148. The van der Waals surface area contributed by atoms with Gasteiger partial charge in [-0.1, -0.05) is 57.3 Å². The first kappa shape index (κ1) is 20.0. The monoisotopic (exact) mass is 487 g/mol. The number of hydrogen-bond acceptors (Lipinski definition) is 2. The summed E-state index contributed by atoms with van der Waals surface area (Å²) in [7, 11) is 0. The Balaban J connectivity index is 1.61. The van der Waals surface area contributed by atoms with Gasteiger partial charge in [-0.2, -0.15) is 0 Å². The molecule has 0 radical (unpaired) electrons. The largest absolute Gasteiger partial charge is 0.345 e. The number of imidazole rings is 1. The first-order chi connectivity index (χ1) is 14.0. The Labute approximate surface area is 186 Å². The highest BCUT2D eigenvalue weighted by molar-refractivity contribution is 9.10. The maximum atomic E-state index is 12.5. The highest BCUT2D eigenvalue weighted by Crippen LogP contribution is 2.24.